The molecule has 0 fully saturated rings. The second kappa shape index (κ2) is 5.72. The van der Waals surface area contributed by atoms with Gasteiger partial charge in [-0.25, -0.2) is 4.79 Å². The highest BCUT2D eigenvalue weighted by molar-refractivity contribution is 5.97. The van der Waals surface area contributed by atoms with E-state index in [0.717, 1.165) is 5.56 Å². The van der Waals surface area contributed by atoms with Crippen molar-refractivity contribution in [2.45, 2.75) is 12.5 Å². The van der Waals surface area contributed by atoms with Gasteiger partial charge in [-0.3, -0.25) is 20.4 Å². The lowest BCUT2D eigenvalue weighted by Crippen LogP contribution is -2.49. The Kier molecular flexibility index (Phi) is 3.61. The average molecular weight is 299 g/mol. The van der Waals surface area contributed by atoms with Crippen LogP contribution in [-0.2, 0) is 16.0 Å². The maximum atomic E-state index is 12.0. The second-order valence-electron chi connectivity index (χ2n) is 4.78. The highest BCUT2D eigenvalue weighted by Gasteiger charge is 2.31. The summed E-state index contributed by atoms with van der Waals surface area (Å²) in [6.07, 6.45) is 0.897. The largest absolute Gasteiger partial charge is 0.448 e. The normalized spacial score (nSPS) is 16.4. The molecule has 0 aliphatic carbocycles. The van der Waals surface area contributed by atoms with E-state index in [-0.39, 0.29) is 6.42 Å². The summed E-state index contributed by atoms with van der Waals surface area (Å²) < 4.78 is 5.09. The molecule has 1 atom stereocenters. The van der Waals surface area contributed by atoms with Gasteiger partial charge in [-0.05, 0) is 23.8 Å². The van der Waals surface area contributed by atoms with Crippen LogP contribution >= 0.6 is 0 Å². The van der Waals surface area contributed by atoms with Gasteiger partial charge in [-0.1, -0.05) is 18.2 Å². The van der Waals surface area contributed by atoms with E-state index in [1.807, 2.05) is 0 Å². The number of aromatic amines is 1. The van der Waals surface area contributed by atoms with Crippen LogP contribution in [0.15, 0.2) is 42.6 Å². The SMILES string of the molecule is O=C(NNC(=O)C1Cc2ccccc2C(=O)O1)c1ccc[nH]1. The summed E-state index contributed by atoms with van der Waals surface area (Å²) in [5.41, 5.74) is 6.03. The van der Waals surface area contributed by atoms with Crippen molar-refractivity contribution >= 4 is 17.8 Å². The molecule has 1 aromatic carbocycles. The molecule has 1 aliphatic heterocycles. The molecule has 3 rings (SSSR count). The average Bonchev–Trinajstić information content (AvgIpc) is 3.06. The molecule has 112 valence electrons. The van der Waals surface area contributed by atoms with Crippen molar-refractivity contribution in [2.24, 2.45) is 0 Å². The second-order valence-corrected chi connectivity index (χ2v) is 4.78. The van der Waals surface area contributed by atoms with Gasteiger partial charge in [-0.15, -0.1) is 0 Å². The number of ether oxygens (including phenoxy) is 1. The van der Waals surface area contributed by atoms with E-state index >= 15 is 0 Å². The molecule has 7 nitrogen and oxygen atoms in total. The van der Waals surface area contributed by atoms with E-state index in [1.54, 1.807) is 42.6 Å². The molecule has 7 heteroatoms. The Labute approximate surface area is 125 Å². The van der Waals surface area contributed by atoms with Crippen LogP contribution in [0.4, 0.5) is 0 Å². The molecular formula is C15H13N3O4. The van der Waals surface area contributed by atoms with Gasteiger partial charge in [0.1, 0.15) is 5.69 Å². The third kappa shape index (κ3) is 2.69. The number of hydrogen-bond acceptors (Lipinski definition) is 4. The van der Waals surface area contributed by atoms with Crippen LogP contribution in [0.1, 0.15) is 26.4 Å². The Bertz CT molecular complexity index is 724. The Morgan fingerprint density at radius 1 is 1.14 bits per heavy atom. The fourth-order valence-electron chi connectivity index (χ4n) is 2.22. The summed E-state index contributed by atoms with van der Waals surface area (Å²) in [6, 6.07) is 10.2. The van der Waals surface area contributed by atoms with E-state index in [0.29, 0.717) is 11.3 Å². The topological polar surface area (TPSA) is 100 Å². The summed E-state index contributed by atoms with van der Waals surface area (Å²) >= 11 is 0. The van der Waals surface area contributed by atoms with Crippen molar-refractivity contribution in [3.63, 3.8) is 0 Å². The molecule has 0 saturated carbocycles. The number of hydrogen-bond donors (Lipinski definition) is 3. The summed E-state index contributed by atoms with van der Waals surface area (Å²) in [6.45, 7) is 0. The van der Waals surface area contributed by atoms with E-state index in [4.69, 9.17) is 4.74 Å². The maximum absolute atomic E-state index is 12.0. The minimum atomic E-state index is -0.966. The molecule has 1 unspecified atom stereocenters. The van der Waals surface area contributed by atoms with Gasteiger partial charge in [0.25, 0.3) is 11.8 Å². The quantitative estimate of drug-likeness (QED) is 0.557. The van der Waals surface area contributed by atoms with E-state index in [1.165, 1.54) is 0 Å². The lowest BCUT2D eigenvalue weighted by atomic mass is 9.98. The third-order valence-corrected chi connectivity index (χ3v) is 3.33. The number of esters is 1. The molecule has 22 heavy (non-hydrogen) atoms. The lowest BCUT2D eigenvalue weighted by Gasteiger charge is -2.23. The Morgan fingerprint density at radius 3 is 2.73 bits per heavy atom. The first-order valence-electron chi connectivity index (χ1n) is 6.67. The summed E-state index contributed by atoms with van der Waals surface area (Å²) in [5, 5.41) is 0. The number of rotatable bonds is 2. The number of benzene rings is 1. The Hall–Kier alpha value is -3.09. The lowest BCUT2D eigenvalue weighted by molar-refractivity contribution is -0.131. The molecule has 1 aliphatic rings. The fraction of sp³-hybridized carbons (Fsp3) is 0.133. The zero-order valence-electron chi connectivity index (χ0n) is 11.5. The van der Waals surface area contributed by atoms with Gasteiger partial charge in [-0.2, -0.15) is 0 Å². The zero-order chi connectivity index (χ0) is 15.5. The summed E-state index contributed by atoms with van der Waals surface area (Å²) in [7, 11) is 0. The summed E-state index contributed by atoms with van der Waals surface area (Å²) in [5.74, 6) is -1.61. The third-order valence-electron chi connectivity index (χ3n) is 3.33. The van der Waals surface area contributed by atoms with Gasteiger partial charge in [0.05, 0.1) is 5.56 Å². The smallest absolute Gasteiger partial charge is 0.339 e. The molecule has 0 spiro atoms. The fourth-order valence-corrected chi connectivity index (χ4v) is 2.22. The van der Waals surface area contributed by atoms with Crippen LogP contribution in [-0.4, -0.2) is 28.9 Å². The van der Waals surface area contributed by atoms with Crippen molar-refractivity contribution < 1.29 is 19.1 Å². The predicted molar refractivity (Wildman–Crippen MR) is 75.8 cm³/mol. The van der Waals surface area contributed by atoms with Gasteiger partial charge in [0.2, 0.25) is 0 Å². The van der Waals surface area contributed by atoms with Crippen LogP contribution in [0.3, 0.4) is 0 Å². The maximum Gasteiger partial charge on any atom is 0.339 e. The van der Waals surface area contributed by atoms with E-state index in [9.17, 15) is 14.4 Å². The van der Waals surface area contributed by atoms with Gasteiger partial charge >= 0.3 is 5.97 Å². The van der Waals surface area contributed by atoms with Gasteiger partial charge in [0, 0.05) is 12.6 Å². The van der Waals surface area contributed by atoms with Crippen LogP contribution in [0.2, 0.25) is 0 Å². The highest BCUT2D eigenvalue weighted by atomic mass is 16.5. The minimum Gasteiger partial charge on any atom is -0.448 e. The van der Waals surface area contributed by atoms with Crippen molar-refractivity contribution in [1.29, 1.82) is 0 Å². The molecular weight excluding hydrogens is 286 g/mol. The molecule has 0 saturated heterocycles. The zero-order valence-corrected chi connectivity index (χ0v) is 11.5. The number of H-pyrrole nitrogens is 1. The first kappa shape index (κ1) is 13.9. The molecule has 2 aromatic rings. The molecule has 2 heterocycles. The Balaban J connectivity index is 1.62. The van der Waals surface area contributed by atoms with Crippen molar-refractivity contribution in [2.75, 3.05) is 0 Å². The van der Waals surface area contributed by atoms with Crippen molar-refractivity contribution in [3.8, 4) is 0 Å². The van der Waals surface area contributed by atoms with Gasteiger partial charge < -0.3 is 9.72 Å². The number of aromatic nitrogens is 1. The molecule has 2 amide bonds. The molecule has 0 radical (unpaired) electrons. The number of amides is 2. The molecule has 3 N–H and O–H groups in total. The Morgan fingerprint density at radius 2 is 1.95 bits per heavy atom. The van der Waals surface area contributed by atoms with Crippen LogP contribution in [0.5, 0.6) is 0 Å². The summed E-state index contributed by atoms with van der Waals surface area (Å²) in [4.78, 5) is 38.2. The van der Waals surface area contributed by atoms with E-state index in [2.05, 4.69) is 15.8 Å². The number of fused-ring (bicyclic) bond motifs is 1. The molecule has 0 bridgehead atoms. The number of hydrazine groups is 1. The van der Waals surface area contributed by atoms with Gasteiger partial charge in [0.15, 0.2) is 6.10 Å². The van der Waals surface area contributed by atoms with Crippen LogP contribution in [0.25, 0.3) is 0 Å². The number of carbonyl (C=O) groups is 3. The molecule has 1 aromatic heterocycles. The monoisotopic (exact) mass is 299 g/mol. The minimum absolute atomic E-state index is 0.270. The van der Waals surface area contributed by atoms with Crippen molar-refractivity contribution in [3.05, 3.63) is 59.4 Å². The first-order chi connectivity index (χ1) is 10.6. The standard InChI is InChI=1S/C15H13N3O4/c19-13(11-6-3-7-16-11)17-18-14(20)12-8-9-4-1-2-5-10(9)15(21)22-12/h1-7,12,16H,8H2,(H,17,19)(H,18,20). The van der Waals surface area contributed by atoms with Crippen molar-refractivity contribution in [1.82, 2.24) is 15.8 Å². The number of cyclic esters (lactones) is 1. The number of nitrogens with one attached hydrogen (secondary N) is 3. The van der Waals surface area contributed by atoms with E-state index < -0.39 is 23.9 Å². The first-order valence-corrected chi connectivity index (χ1v) is 6.67. The van der Waals surface area contributed by atoms with Crippen LogP contribution < -0.4 is 10.9 Å². The number of carbonyl (C=O) groups excluding carboxylic acids is 3. The highest BCUT2D eigenvalue weighted by Crippen LogP contribution is 2.20. The predicted octanol–water partition coefficient (Wildman–Crippen LogP) is 0.557. The van der Waals surface area contributed by atoms with Crippen LogP contribution in [0, 0.1) is 0 Å².